The van der Waals surface area contributed by atoms with E-state index in [4.69, 9.17) is 0 Å². The molecular formula is C9H10N2O6S2. The van der Waals surface area contributed by atoms with Crippen molar-refractivity contribution in [1.82, 2.24) is 0 Å². The first-order chi connectivity index (χ1) is 9.08. The second-order valence-corrected chi connectivity index (χ2v) is 5.57. The van der Waals surface area contributed by atoms with Crippen LogP contribution >= 0.6 is 21.6 Å². The fourth-order valence-electron chi connectivity index (χ4n) is 1.03. The first-order valence-corrected chi connectivity index (χ1v) is 7.33. The molecule has 10 heteroatoms. The summed E-state index contributed by atoms with van der Waals surface area (Å²) in [6.07, 6.45) is -0.985. The Balaban J connectivity index is 2.35. The summed E-state index contributed by atoms with van der Waals surface area (Å²) in [6, 6.07) is 9.37. The second-order valence-electron chi connectivity index (χ2n) is 3.15. The smallest absolute Gasteiger partial charge is 0.294 e. The van der Waals surface area contributed by atoms with Crippen LogP contribution in [0.15, 0.2) is 35.2 Å². The van der Waals surface area contributed by atoms with Crippen molar-refractivity contribution in [3.63, 3.8) is 0 Å². The maximum absolute atomic E-state index is 10.2. The zero-order valence-corrected chi connectivity index (χ0v) is 11.2. The summed E-state index contributed by atoms with van der Waals surface area (Å²) >= 11 is 0. The van der Waals surface area contributed by atoms with Gasteiger partial charge < -0.3 is 9.68 Å². The van der Waals surface area contributed by atoms with Crippen LogP contribution in [-0.4, -0.2) is 28.6 Å². The van der Waals surface area contributed by atoms with Crippen molar-refractivity contribution in [3.8, 4) is 0 Å². The van der Waals surface area contributed by atoms with Crippen LogP contribution in [0.2, 0.25) is 0 Å². The van der Waals surface area contributed by atoms with Crippen molar-refractivity contribution in [2.75, 3.05) is 12.4 Å². The Morgan fingerprint density at radius 2 is 1.84 bits per heavy atom. The van der Waals surface area contributed by atoms with Gasteiger partial charge in [-0.1, -0.05) is 39.8 Å². The normalized spacial score (nSPS) is 11.6. The zero-order chi connectivity index (χ0) is 14.1. The Bertz CT molecular complexity index is 418. The van der Waals surface area contributed by atoms with Gasteiger partial charge in [0, 0.05) is 10.6 Å². The number of benzene rings is 1. The highest BCUT2D eigenvalue weighted by molar-refractivity contribution is 8.76. The molecule has 1 unspecified atom stereocenters. The molecule has 104 valence electrons. The number of hydrogen-bond acceptors (Lipinski definition) is 8. The van der Waals surface area contributed by atoms with Crippen LogP contribution in [0.3, 0.4) is 0 Å². The maximum atomic E-state index is 10.2. The van der Waals surface area contributed by atoms with Crippen LogP contribution < -0.4 is 0 Å². The lowest BCUT2D eigenvalue weighted by atomic mass is 10.4. The van der Waals surface area contributed by atoms with Crippen molar-refractivity contribution < 1.29 is 19.8 Å². The minimum Gasteiger partial charge on any atom is -0.312 e. The van der Waals surface area contributed by atoms with Crippen LogP contribution in [-0.2, 0) is 9.68 Å². The molecule has 19 heavy (non-hydrogen) atoms. The summed E-state index contributed by atoms with van der Waals surface area (Å²) < 4.78 is 0. The van der Waals surface area contributed by atoms with E-state index in [9.17, 15) is 20.2 Å². The molecule has 0 saturated heterocycles. The number of hydrogen-bond donors (Lipinski definition) is 0. The molecule has 0 spiro atoms. The topological polar surface area (TPSA) is 105 Å². The lowest BCUT2D eigenvalue weighted by Gasteiger charge is -2.12. The van der Waals surface area contributed by atoms with E-state index in [2.05, 4.69) is 9.68 Å². The summed E-state index contributed by atoms with van der Waals surface area (Å²) in [4.78, 5) is 29.6. The Hall–Kier alpha value is -1.68. The molecule has 0 aromatic heterocycles. The number of rotatable bonds is 9. The summed E-state index contributed by atoms with van der Waals surface area (Å²) in [7, 11) is 2.69. The van der Waals surface area contributed by atoms with Crippen LogP contribution in [0.4, 0.5) is 0 Å². The lowest BCUT2D eigenvalue weighted by molar-refractivity contribution is -0.788. The molecule has 0 bridgehead atoms. The van der Waals surface area contributed by atoms with Gasteiger partial charge >= 0.3 is 0 Å². The molecule has 1 aromatic rings. The van der Waals surface area contributed by atoms with Gasteiger partial charge in [0.05, 0.1) is 0 Å². The van der Waals surface area contributed by atoms with E-state index in [0.29, 0.717) is 0 Å². The van der Waals surface area contributed by atoms with Crippen molar-refractivity contribution in [1.29, 1.82) is 0 Å². The van der Waals surface area contributed by atoms with Gasteiger partial charge in [0.25, 0.3) is 10.2 Å². The van der Waals surface area contributed by atoms with E-state index < -0.39 is 22.9 Å². The lowest BCUT2D eigenvalue weighted by Crippen LogP contribution is -2.26. The largest absolute Gasteiger partial charge is 0.312 e. The summed E-state index contributed by atoms with van der Waals surface area (Å²) in [6.45, 7) is -0.476. The summed E-state index contributed by atoms with van der Waals surface area (Å²) in [5.74, 6) is 0.189. The molecule has 0 fully saturated rings. The minimum absolute atomic E-state index is 0.189. The molecule has 1 aromatic carbocycles. The molecule has 1 atom stereocenters. The zero-order valence-electron chi connectivity index (χ0n) is 9.54. The van der Waals surface area contributed by atoms with Gasteiger partial charge in [-0.2, -0.15) is 0 Å². The Labute approximate surface area is 116 Å². The predicted octanol–water partition coefficient (Wildman–Crippen LogP) is 2.21. The van der Waals surface area contributed by atoms with Crippen LogP contribution in [0.25, 0.3) is 0 Å². The average Bonchev–Trinajstić information content (AvgIpc) is 2.36. The summed E-state index contributed by atoms with van der Waals surface area (Å²) in [5, 5.41) is 18.3. The van der Waals surface area contributed by atoms with Gasteiger partial charge in [0.2, 0.25) is 0 Å². The van der Waals surface area contributed by atoms with E-state index in [1.165, 1.54) is 21.6 Å². The predicted molar refractivity (Wildman–Crippen MR) is 69.6 cm³/mol. The van der Waals surface area contributed by atoms with E-state index in [1.807, 2.05) is 30.3 Å². The Morgan fingerprint density at radius 1 is 1.16 bits per heavy atom. The fourth-order valence-corrected chi connectivity index (χ4v) is 3.21. The first kappa shape index (κ1) is 15.4. The highest BCUT2D eigenvalue weighted by atomic mass is 33.1. The van der Waals surface area contributed by atoms with Crippen molar-refractivity contribution in [2.24, 2.45) is 0 Å². The van der Waals surface area contributed by atoms with Gasteiger partial charge in [-0.3, -0.25) is 0 Å². The quantitative estimate of drug-likeness (QED) is 0.388. The van der Waals surface area contributed by atoms with E-state index >= 15 is 0 Å². The fraction of sp³-hybridized carbons (Fsp3) is 0.333. The number of nitrogens with zero attached hydrogens (tertiary/aromatic N) is 2. The maximum Gasteiger partial charge on any atom is 0.294 e. The molecule has 0 aliphatic rings. The van der Waals surface area contributed by atoms with Gasteiger partial charge in [0.1, 0.15) is 12.7 Å². The van der Waals surface area contributed by atoms with Gasteiger partial charge in [-0.15, -0.1) is 20.2 Å². The van der Waals surface area contributed by atoms with Crippen molar-refractivity contribution >= 4 is 21.6 Å². The highest BCUT2D eigenvalue weighted by Gasteiger charge is 2.16. The molecule has 0 amide bonds. The van der Waals surface area contributed by atoms with Crippen LogP contribution in [0.5, 0.6) is 0 Å². The minimum atomic E-state index is -1.01. The third kappa shape index (κ3) is 7.36. The van der Waals surface area contributed by atoms with Crippen molar-refractivity contribution in [2.45, 2.75) is 11.0 Å². The van der Waals surface area contributed by atoms with Crippen LogP contribution in [0, 0.1) is 20.2 Å². The van der Waals surface area contributed by atoms with Gasteiger partial charge in [0.15, 0.2) is 0 Å². The molecule has 0 aliphatic carbocycles. The third-order valence-corrected chi connectivity index (χ3v) is 4.18. The molecule has 1 rings (SSSR count). The van der Waals surface area contributed by atoms with Gasteiger partial charge in [-0.05, 0) is 12.1 Å². The van der Waals surface area contributed by atoms with E-state index in [1.54, 1.807) is 0 Å². The molecular weight excluding hydrogens is 296 g/mol. The second kappa shape index (κ2) is 8.43. The first-order valence-electron chi connectivity index (χ1n) is 5.01. The highest BCUT2D eigenvalue weighted by Crippen LogP contribution is 2.31. The monoisotopic (exact) mass is 306 g/mol. The Morgan fingerprint density at radius 3 is 2.42 bits per heavy atom. The molecule has 0 N–H and O–H groups in total. The van der Waals surface area contributed by atoms with Gasteiger partial charge in [-0.25, -0.2) is 0 Å². The average molecular weight is 306 g/mol. The van der Waals surface area contributed by atoms with Crippen molar-refractivity contribution in [3.05, 3.63) is 50.6 Å². The summed E-state index contributed by atoms with van der Waals surface area (Å²) in [5.41, 5.74) is 0. The standard InChI is InChI=1S/C9H10N2O6S2/c12-10(13)16-6-8(17-11(14)15)7-18-19-9-4-2-1-3-5-9/h1-5,8H,6-7H2. The van der Waals surface area contributed by atoms with Crippen LogP contribution in [0.1, 0.15) is 0 Å². The molecule has 8 nitrogen and oxygen atoms in total. The SMILES string of the molecule is O=[N+]([O-])OCC(CSSc1ccccc1)O[N+](=O)[O-]. The molecule has 0 radical (unpaired) electrons. The molecule has 0 saturated carbocycles. The van der Waals surface area contributed by atoms with E-state index in [-0.39, 0.29) is 5.75 Å². The molecule has 0 heterocycles. The molecule has 0 aliphatic heterocycles. The third-order valence-electron chi connectivity index (χ3n) is 1.75. The van der Waals surface area contributed by atoms with E-state index in [0.717, 1.165) is 4.90 Å². The Kier molecular flexibility index (Phi) is 6.82.